The van der Waals surface area contributed by atoms with Gasteiger partial charge in [0.2, 0.25) is 5.78 Å². The molecule has 1 aromatic carbocycles. The maximum Gasteiger partial charge on any atom is 0.232 e. The monoisotopic (exact) mass is 339 g/mol. The van der Waals surface area contributed by atoms with Crippen LogP contribution >= 0.6 is 0 Å². The summed E-state index contributed by atoms with van der Waals surface area (Å²) >= 11 is 0. The molecule has 130 valence electrons. The zero-order valence-electron chi connectivity index (χ0n) is 14.2. The van der Waals surface area contributed by atoms with Gasteiger partial charge in [0, 0.05) is 19.2 Å². The number of Topliss-reactive ketones (excluding diaryl/α,β-unsaturated/α-hetero) is 1. The van der Waals surface area contributed by atoms with Crippen molar-refractivity contribution in [2.45, 2.75) is 26.3 Å². The standard InChI is InChI=1S/C20H21NO4/c1-13-4-2-8-21(11-13)12-16-17(22)7-6-15-19(23)18(25-20(15)16)10-14-5-3-9-24-14/h3,5-7,9-10,13,22H,2,4,8,11-12H2,1H3/t13-/m0/s1. The van der Waals surface area contributed by atoms with Crippen LogP contribution in [0.5, 0.6) is 11.5 Å². The molecule has 1 saturated heterocycles. The zero-order valence-corrected chi connectivity index (χ0v) is 14.2. The van der Waals surface area contributed by atoms with Crippen LogP contribution in [0, 0.1) is 5.92 Å². The summed E-state index contributed by atoms with van der Waals surface area (Å²) in [6, 6.07) is 6.73. The van der Waals surface area contributed by atoms with E-state index in [1.807, 2.05) is 0 Å². The lowest BCUT2D eigenvalue weighted by atomic mass is 9.99. The van der Waals surface area contributed by atoms with Crippen LogP contribution in [0.2, 0.25) is 0 Å². The fourth-order valence-electron chi connectivity index (χ4n) is 3.61. The predicted molar refractivity (Wildman–Crippen MR) is 93.4 cm³/mol. The van der Waals surface area contributed by atoms with Crippen LogP contribution in [0.25, 0.3) is 6.08 Å². The van der Waals surface area contributed by atoms with E-state index in [9.17, 15) is 9.90 Å². The van der Waals surface area contributed by atoms with Crippen LogP contribution in [0.1, 0.15) is 41.4 Å². The van der Waals surface area contributed by atoms with E-state index in [-0.39, 0.29) is 17.3 Å². The number of likely N-dealkylation sites (tertiary alicyclic amines) is 1. The second kappa shape index (κ2) is 6.41. The molecule has 0 radical (unpaired) electrons. The van der Waals surface area contributed by atoms with E-state index >= 15 is 0 Å². The Bertz CT molecular complexity index is 822. The minimum absolute atomic E-state index is 0.170. The van der Waals surface area contributed by atoms with E-state index in [2.05, 4.69) is 11.8 Å². The quantitative estimate of drug-likeness (QED) is 0.861. The Kier molecular flexibility index (Phi) is 4.09. The number of furan rings is 1. The first-order chi connectivity index (χ1) is 12.1. The Morgan fingerprint density at radius 2 is 2.24 bits per heavy atom. The van der Waals surface area contributed by atoms with E-state index in [1.54, 1.807) is 36.6 Å². The molecule has 25 heavy (non-hydrogen) atoms. The highest BCUT2D eigenvalue weighted by molar-refractivity contribution is 6.14. The number of ketones is 1. The second-order valence-electron chi connectivity index (χ2n) is 6.88. The van der Waals surface area contributed by atoms with Crippen LogP contribution in [0.3, 0.4) is 0 Å². The number of phenols is 1. The van der Waals surface area contributed by atoms with Crippen molar-refractivity contribution < 1.29 is 19.1 Å². The lowest BCUT2D eigenvalue weighted by Crippen LogP contribution is -2.33. The third kappa shape index (κ3) is 3.07. The number of benzene rings is 1. The molecular formula is C20H21NO4. The molecule has 4 rings (SSSR count). The molecule has 0 bridgehead atoms. The number of nitrogens with zero attached hydrogens (tertiary/aromatic N) is 1. The summed E-state index contributed by atoms with van der Waals surface area (Å²) in [6.07, 6.45) is 5.53. The number of ether oxygens (including phenoxy) is 1. The van der Waals surface area contributed by atoms with Gasteiger partial charge in [-0.25, -0.2) is 0 Å². The topological polar surface area (TPSA) is 62.9 Å². The van der Waals surface area contributed by atoms with E-state index < -0.39 is 0 Å². The van der Waals surface area contributed by atoms with Gasteiger partial charge in [-0.15, -0.1) is 0 Å². The molecule has 0 unspecified atom stereocenters. The molecule has 1 aromatic heterocycles. The summed E-state index contributed by atoms with van der Waals surface area (Å²) in [7, 11) is 0. The van der Waals surface area contributed by atoms with Crippen molar-refractivity contribution in [1.82, 2.24) is 4.90 Å². The molecule has 0 spiro atoms. The maximum atomic E-state index is 12.6. The number of aromatic hydroxyl groups is 1. The summed E-state index contributed by atoms with van der Waals surface area (Å²) in [4.78, 5) is 14.9. The Balaban J connectivity index is 1.64. The van der Waals surface area contributed by atoms with Gasteiger partial charge in [0.15, 0.2) is 5.76 Å². The van der Waals surface area contributed by atoms with Gasteiger partial charge in [0.05, 0.1) is 17.4 Å². The van der Waals surface area contributed by atoms with Gasteiger partial charge in [-0.05, 0) is 49.6 Å². The highest BCUT2D eigenvalue weighted by Crippen LogP contribution is 2.40. The Morgan fingerprint density at radius 1 is 1.36 bits per heavy atom. The summed E-state index contributed by atoms with van der Waals surface area (Å²) in [5, 5.41) is 10.3. The number of phenolic OH excluding ortho intramolecular Hbond substituents is 1. The zero-order chi connectivity index (χ0) is 17.4. The first-order valence-electron chi connectivity index (χ1n) is 8.67. The average molecular weight is 339 g/mol. The first kappa shape index (κ1) is 16.0. The number of carbonyl (C=O) groups is 1. The van der Waals surface area contributed by atoms with Crippen molar-refractivity contribution in [2.75, 3.05) is 13.1 Å². The Hall–Kier alpha value is -2.53. The molecular weight excluding hydrogens is 318 g/mol. The van der Waals surface area contributed by atoms with Crippen molar-refractivity contribution in [2.24, 2.45) is 5.92 Å². The Labute approximate surface area is 146 Å². The number of hydrogen-bond donors (Lipinski definition) is 1. The molecule has 0 amide bonds. The van der Waals surface area contributed by atoms with Crippen LogP contribution in [0.15, 0.2) is 40.7 Å². The van der Waals surface area contributed by atoms with Crippen molar-refractivity contribution in [3.05, 3.63) is 53.2 Å². The van der Waals surface area contributed by atoms with Crippen LogP contribution < -0.4 is 4.74 Å². The molecule has 0 saturated carbocycles. The number of hydrogen-bond acceptors (Lipinski definition) is 5. The highest BCUT2D eigenvalue weighted by atomic mass is 16.5. The SMILES string of the molecule is C[C@H]1CCCN(Cc2c(O)ccc3c2OC(=Cc2ccco2)C3=O)C1. The van der Waals surface area contributed by atoms with Crippen molar-refractivity contribution >= 4 is 11.9 Å². The number of carbonyl (C=O) groups excluding carboxylic acids is 1. The first-order valence-corrected chi connectivity index (χ1v) is 8.67. The summed E-state index contributed by atoms with van der Waals surface area (Å²) in [6.45, 7) is 4.81. The van der Waals surface area contributed by atoms with Gasteiger partial charge in [0.25, 0.3) is 0 Å². The number of piperidine rings is 1. The molecule has 2 aliphatic rings. The minimum atomic E-state index is -0.181. The molecule has 1 atom stereocenters. The lowest BCUT2D eigenvalue weighted by Gasteiger charge is -2.31. The molecule has 2 aromatic rings. The number of allylic oxidation sites excluding steroid dienone is 1. The van der Waals surface area contributed by atoms with Gasteiger partial charge in [-0.1, -0.05) is 6.92 Å². The van der Waals surface area contributed by atoms with E-state index in [0.717, 1.165) is 19.5 Å². The van der Waals surface area contributed by atoms with Crippen molar-refractivity contribution in [1.29, 1.82) is 0 Å². The number of rotatable bonds is 3. The molecule has 5 heteroatoms. The average Bonchev–Trinajstić information content (AvgIpc) is 3.20. The predicted octanol–water partition coefficient (Wildman–Crippen LogP) is 3.83. The number of fused-ring (bicyclic) bond motifs is 1. The third-order valence-electron chi connectivity index (χ3n) is 4.86. The smallest absolute Gasteiger partial charge is 0.232 e. The fraction of sp³-hybridized carbons (Fsp3) is 0.350. The molecule has 2 aliphatic heterocycles. The summed E-state index contributed by atoms with van der Waals surface area (Å²) in [5.41, 5.74) is 1.18. The maximum absolute atomic E-state index is 12.6. The Morgan fingerprint density at radius 3 is 3.00 bits per heavy atom. The van der Waals surface area contributed by atoms with E-state index in [0.29, 0.717) is 35.1 Å². The minimum Gasteiger partial charge on any atom is -0.507 e. The third-order valence-corrected chi connectivity index (χ3v) is 4.86. The molecule has 5 nitrogen and oxygen atoms in total. The second-order valence-corrected chi connectivity index (χ2v) is 6.88. The van der Waals surface area contributed by atoms with Crippen molar-refractivity contribution in [3.63, 3.8) is 0 Å². The molecule has 1 fully saturated rings. The molecule has 1 N–H and O–H groups in total. The van der Waals surface area contributed by atoms with Gasteiger partial charge in [-0.2, -0.15) is 0 Å². The van der Waals surface area contributed by atoms with E-state index in [4.69, 9.17) is 9.15 Å². The van der Waals surface area contributed by atoms with Gasteiger partial charge in [-0.3, -0.25) is 9.69 Å². The van der Waals surface area contributed by atoms with Gasteiger partial charge in [0.1, 0.15) is 17.3 Å². The summed E-state index contributed by atoms with van der Waals surface area (Å²) < 4.78 is 11.1. The summed E-state index contributed by atoms with van der Waals surface area (Å²) in [5.74, 6) is 1.89. The lowest BCUT2D eigenvalue weighted by molar-refractivity contribution is 0.101. The largest absolute Gasteiger partial charge is 0.507 e. The fourth-order valence-corrected chi connectivity index (χ4v) is 3.61. The highest BCUT2D eigenvalue weighted by Gasteiger charge is 2.32. The van der Waals surface area contributed by atoms with Crippen LogP contribution in [0.4, 0.5) is 0 Å². The van der Waals surface area contributed by atoms with Gasteiger partial charge >= 0.3 is 0 Å². The van der Waals surface area contributed by atoms with Crippen LogP contribution in [-0.2, 0) is 6.54 Å². The molecule has 3 heterocycles. The normalized spacial score (nSPS) is 22.2. The molecule has 0 aliphatic carbocycles. The van der Waals surface area contributed by atoms with Crippen LogP contribution in [-0.4, -0.2) is 28.9 Å². The van der Waals surface area contributed by atoms with Crippen molar-refractivity contribution in [3.8, 4) is 11.5 Å². The van der Waals surface area contributed by atoms with Gasteiger partial charge < -0.3 is 14.3 Å². The van der Waals surface area contributed by atoms with E-state index in [1.165, 1.54) is 6.42 Å².